The molecule has 0 aliphatic rings. The van der Waals surface area contributed by atoms with E-state index in [-0.39, 0.29) is 0 Å². The van der Waals surface area contributed by atoms with Gasteiger partial charge in [0.1, 0.15) is 6.33 Å². The van der Waals surface area contributed by atoms with Crippen LogP contribution in [0.15, 0.2) is 12.5 Å². The van der Waals surface area contributed by atoms with Gasteiger partial charge in [0.2, 0.25) is 0 Å². The summed E-state index contributed by atoms with van der Waals surface area (Å²) in [7, 11) is 0. The zero-order valence-corrected chi connectivity index (χ0v) is 10.9. The van der Waals surface area contributed by atoms with Crippen LogP contribution >= 0.6 is 0 Å². The molecule has 0 saturated heterocycles. The van der Waals surface area contributed by atoms with Gasteiger partial charge in [-0.2, -0.15) is 5.10 Å². The number of hydrogen-bond donors (Lipinski definition) is 2. The van der Waals surface area contributed by atoms with Gasteiger partial charge in [-0.1, -0.05) is 13.8 Å². The maximum atomic E-state index is 4.50. The lowest BCUT2D eigenvalue weighted by molar-refractivity contribution is 0.547. The van der Waals surface area contributed by atoms with Crippen LogP contribution in [0.1, 0.15) is 25.1 Å². The van der Waals surface area contributed by atoms with Crippen LogP contribution in [0.5, 0.6) is 0 Å². The first-order valence-electron chi connectivity index (χ1n) is 6.05. The SMILES string of the molecule is Cc1cnc(-c2ncn[nH]2)nc1CNCC(C)C. The summed E-state index contributed by atoms with van der Waals surface area (Å²) >= 11 is 0. The number of nitrogens with one attached hydrogen (secondary N) is 2. The summed E-state index contributed by atoms with van der Waals surface area (Å²) in [5.74, 6) is 1.81. The highest BCUT2D eigenvalue weighted by Crippen LogP contribution is 2.10. The fraction of sp³-hybridized carbons (Fsp3) is 0.500. The van der Waals surface area contributed by atoms with Crippen LogP contribution in [0.3, 0.4) is 0 Å². The van der Waals surface area contributed by atoms with Gasteiger partial charge in [0, 0.05) is 12.7 Å². The van der Waals surface area contributed by atoms with Crippen LogP contribution < -0.4 is 5.32 Å². The predicted octanol–water partition coefficient (Wildman–Crippen LogP) is 1.32. The second-order valence-electron chi connectivity index (χ2n) is 4.68. The smallest absolute Gasteiger partial charge is 0.197 e. The van der Waals surface area contributed by atoms with Gasteiger partial charge < -0.3 is 5.32 Å². The summed E-state index contributed by atoms with van der Waals surface area (Å²) in [4.78, 5) is 12.8. The highest BCUT2D eigenvalue weighted by Gasteiger charge is 2.08. The number of H-pyrrole nitrogens is 1. The molecule has 0 aromatic carbocycles. The van der Waals surface area contributed by atoms with E-state index in [1.54, 1.807) is 0 Å². The number of nitrogens with zero attached hydrogens (tertiary/aromatic N) is 4. The molecule has 0 atom stereocenters. The fourth-order valence-electron chi connectivity index (χ4n) is 1.56. The summed E-state index contributed by atoms with van der Waals surface area (Å²) < 4.78 is 0. The Kier molecular flexibility index (Phi) is 3.99. The number of aromatic amines is 1. The van der Waals surface area contributed by atoms with E-state index >= 15 is 0 Å². The Balaban J connectivity index is 2.12. The Morgan fingerprint density at radius 2 is 2.17 bits per heavy atom. The normalized spacial score (nSPS) is 11.1. The molecular formula is C12H18N6. The molecule has 0 fully saturated rings. The largest absolute Gasteiger partial charge is 0.311 e. The van der Waals surface area contributed by atoms with Gasteiger partial charge in [-0.05, 0) is 24.9 Å². The molecule has 2 heterocycles. The second kappa shape index (κ2) is 5.68. The average molecular weight is 246 g/mol. The molecular weight excluding hydrogens is 228 g/mol. The van der Waals surface area contributed by atoms with E-state index in [2.05, 4.69) is 44.3 Å². The lowest BCUT2D eigenvalue weighted by atomic mass is 10.2. The van der Waals surface area contributed by atoms with Crippen LogP contribution in [-0.4, -0.2) is 31.7 Å². The third kappa shape index (κ3) is 3.10. The molecule has 0 spiro atoms. The van der Waals surface area contributed by atoms with Gasteiger partial charge in [-0.3, -0.25) is 5.10 Å². The maximum Gasteiger partial charge on any atom is 0.197 e. The highest BCUT2D eigenvalue weighted by molar-refractivity contribution is 5.42. The molecule has 0 bridgehead atoms. The molecule has 96 valence electrons. The first kappa shape index (κ1) is 12.6. The molecule has 2 N–H and O–H groups in total. The number of hydrogen-bond acceptors (Lipinski definition) is 5. The third-order valence-corrected chi connectivity index (χ3v) is 2.55. The summed E-state index contributed by atoms with van der Waals surface area (Å²) in [6, 6.07) is 0. The molecule has 0 radical (unpaired) electrons. The maximum absolute atomic E-state index is 4.50. The molecule has 0 aliphatic carbocycles. The van der Waals surface area contributed by atoms with Gasteiger partial charge in [0.05, 0.1) is 5.69 Å². The van der Waals surface area contributed by atoms with E-state index in [1.165, 1.54) is 6.33 Å². The zero-order valence-electron chi connectivity index (χ0n) is 10.9. The van der Waals surface area contributed by atoms with Crippen molar-refractivity contribution < 1.29 is 0 Å². The summed E-state index contributed by atoms with van der Waals surface area (Å²) in [5.41, 5.74) is 2.08. The predicted molar refractivity (Wildman–Crippen MR) is 68.7 cm³/mol. The summed E-state index contributed by atoms with van der Waals surface area (Å²) in [6.45, 7) is 8.09. The molecule has 2 rings (SSSR count). The van der Waals surface area contributed by atoms with Crippen LogP contribution in [0.4, 0.5) is 0 Å². The van der Waals surface area contributed by atoms with E-state index in [9.17, 15) is 0 Å². The Morgan fingerprint density at radius 3 is 2.83 bits per heavy atom. The van der Waals surface area contributed by atoms with Gasteiger partial charge in [-0.25, -0.2) is 15.0 Å². The number of aromatic nitrogens is 5. The number of rotatable bonds is 5. The van der Waals surface area contributed by atoms with E-state index < -0.39 is 0 Å². The van der Waals surface area contributed by atoms with E-state index in [4.69, 9.17) is 0 Å². The third-order valence-electron chi connectivity index (χ3n) is 2.55. The quantitative estimate of drug-likeness (QED) is 0.831. The van der Waals surface area contributed by atoms with Crippen LogP contribution in [0, 0.1) is 12.8 Å². The zero-order chi connectivity index (χ0) is 13.0. The lowest BCUT2D eigenvalue weighted by Gasteiger charge is -2.09. The van der Waals surface area contributed by atoms with Crippen molar-refractivity contribution in [3.8, 4) is 11.6 Å². The second-order valence-corrected chi connectivity index (χ2v) is 4.68. The van der Waals surface area contributed by atoms with Gasteiger partial charge in [0.15, 0.2) is 11.6 Å². The standard InChI is InChI=1S/C12H18N6/c1-8(2)4-13-6-10-9(3)5-14-11(17-10)12-15-7-16-18-12/h5,7-8,13H,4,6H2,1-3H3,(H,15,16,18). The minimum absolute atomic E-state index is 0.583. The van der Waals surface area contributed by atoms with E-state index in [0.717, 1.165) is 24.3 Å². The average Bonchev–Trinajstić information content (AvgIpc) is 2.84. The van der Waals surface area contributed by atoms with Crippen LogP contribution in [-0.2, 0) is 6.54 Å². The lowest BCUT2D eigenvalue weighted by Crippen LogP contribution is -2.20. The van der Waals surface area contributed by atoms with Crippen molar-refractivity contribution in [1.29, 1.82) is 0 Å². The topological polar surface area (TPSA) is 79.4 Å². The van der Waals surface area contributed by atoms with Gasteiger partial charge in [-0.15, -0.1) is 0 Å². The van der Waals surface area contributed by atoms with Crippen molar-refractivity contribution in [2.45, 2.75) is 27.3 Å². The highest BCUT2D eigenvalue weighted by atomic mass is 15.2. The Hall–Kier alpha value is -1.82. The minimum Gasteiger partial charge on any atom is -0.311 e. The summed E-state index contributed by atoms with van der Waals surface area (Å²) in [6.07, 6.45) is 3.27. The fourth-order valence-corrected chi connectivity index (χ4v) is 1.56. The Morgan fingerprint density at radius 1 is 1.33 bits per heavy atom. The molecule has 0 amide bonds. The van der Waals surface area contributed by atoms with Crippen molar-refractivity contribution in [3.63, 3.8) is 0 Å². The molecule has 6 nitrogen and oxygen atoms in total. The molecule has 0 aliphatic heterocycles. The van der Waals surface area contributed by atoms with E-state index in [1.807, 2.05) is 13.1 Å². The van der Waals surface area contributed by atoms with Crippen molar-refractivity contribution in [2.24, 2.45) is 5.92 Å². The first-order chi connectivity index (χ1) is 8.66. The monoisotopic (exact) mass is 246 g/mol. The Bertz CT molecular complexity index is 491. The van der Waals surface area contributed by atoms with Crippen molar-refractivity contribution in [3.05, 3.63) is 23.8 Å². The first-order valence-corrected chi connectivity index (χ1v) is 6.05. The van der Waals surface area contributed by atoms with Crippen LogP contribution in [0.2, 0.25) is 0 Å². The van der Waals surface area contributed by atoms with Crippen LogP contribution in [0.25, 0.3) is 11.6 Å². The van der Waals surface area contributed by atoms with Crippen molar-refractivity contribution in [1.82, 2.24) is 30.5 Å². The van der Waals surface area contributed by atoms with Crippen molar-refractivity contribution in [2.75, 3.05) is 6.54 Å². The molecule has 6 heteroatoms. The van der Waals surface area contributed by atoms with Crippen molar-refractivity contribution >= 4 is 0 Å². The molecule has 2 aromatic heterocycles. The van der Waals surface area contributed by atoms with Gasteiger partial charge >= 0.3 is 0 Å². The Labute approximate surface area is 106 Å². The van der Waals surface area contributed by atoms with E-state index in [0.29, 0.717) is 17.6 Å². The molecule has 0 unspecified atom stereocenters. The summed E-state index contributed by atoms with van der Waals surface area (Å²) in [5, 5.41) is 9.95. The number of aryl methyl sites for hydroxylation is 1. The molecule has 0 saturated carbocycles. The van der Waals surface area contributed by atoms with Gasteiger partial charge in [0.25, 0.3) is 0 Å². The minimum atomic E-state index is 0.583. The molecule has 2 aromatic rings. The molecule has 18 heavy (non-hydrogen) atoms.